The number of hydrogen-bond donors (Lipinski definition) is 0. The van der Waals surface area contributed by atoms with Crippen molar-refractivity contribution in [2.75, 3.05) is 0 Å². The van der Waals surface area contributed by atoms with Crippen molar-refractivity contribution in [2.45, 2.75) is 0 Å². The van der Waals surface area contributed by atoms with Crippen molar-refractivity contribution in [1.82, 2.24) is 0 Å². The number of rotatable bonds is 0. The maximum Gasteiger partial charge on any atom is 3.00 e. The molecule has 0 aromatic heterocycles. The molecule has 0 aliphatic rings. The quantitative estimate of drug-likeness (QED) is 0.271. The van der Waals surface area contributed by atoms with Crippen LogP contribution in [0.15, 0.2) is 0 Å². The van der Waals surface area contributed by atoms with Crippen LogP contribution in [0.5, 0.6) is 0 Å². The zero-order valence-electron chi connectivity index (χ0n) is 10.9. The summed E-state index contributed by atoms with van der Waals surface area (Å²) in [5, 5.41) is 0. The third kappa shape index (κ3) is 41300. The van der Waals surface area contributed by atoms with Gasteiger partial charge in [-0.25, -0.2) is 55.9 Å². The second-order valence-corrected chi connectivity index (χ2v) is 3.40. The van der Waals surface area contributed by atoms with Crippen molar-refractivity contribution in [1.29, 1.82) is 0 Å². The number of halogens is 3. The predicted molar refractivity (Wildman–Crippen MR) is 32.5 cm³/mol. The molecule has 0 fully saturated rings. The Morgan fingerprint density at radius 3 is 0.240 bits per heavy atom. The molecule has 0 saturated heterocycles. The van der Waals surface area contributed by atoms with E-state index in [1.807, 2.05) is 0 Å². The van der Waals surface area contributed by atoms with Crippen LogP contribution in [0.25, 0.3) is 0 Å². The molecule has 0 rings (SSSR count). The summed E-state index contributed by atoms with van der Waals surface area (Å²) in [5.74, 6) is 0. The Labute approximate surface area is 153 Å². The molecule has 1 radical (unpaired) electrons. The van der Waals surface area contributed by atoms with Crippen molar-refractivity contribution >= 4 is 0 Å². The maximum absolute atomic E-state index is 8.49. The third-order valence-corrected chi connectivity index (χ3v) is 0. The first kappa shape index (κ1) is 97.8. The van der Waals surface area contributed by atoms with E-state index in [0.717, 1.165) is 0 Å². The average molecular weight is 516 g/mol. The average Bonchev–Trinajstić information content (AvgIpc) is 1.41. The Kier molecular flexibility index (Phi) is 155. The molecule has 0 amide bonds. The van der Waals surface area contributed by atoms with Gasteiger partial charge in [0.15, 0.2) is 0 Å². The number of hydrogen-bond acceptors (Lipinski definition) is 12. The van der Waals surface area contributed by atoms with Crippen molar-refractivity contribution < 1.29 is 153 Å². The van der Waals surface area contributed by atoms with Crippen LogP contribution in [0, 0.1) is 30.7 Å². The summed E-state index contributed by atoms with van der Waals surface area (Å²) in [6.07, 6.45) is 0. The summed E-state index contributed by atoms with van der Waals surface area (Å²) in [7, 11) is -14.8. The van der Waals surface area contributed by atoms with Gasteiger partial charge in [-0.3, -0.25) is 0 Å². The van der Waals surface area contributed by atoms with Gasteiger partial charge in [0.1, 0.15) is 0 Å². The Bertz CT molecular complexity index is 94.2. The molecule has 25 heteroatoms. The van der Waals surface area contributed by atoms with E-state index in [1.165, 1.54) is 0 Å². The van der Waals surface area contributed by atoms with Crippen molar-refractivity contribution in [3.05, 3.63) is 0 Å². The molecule has 0 aliphatic heterocycles. The van der Waals surface area contributed by atoms with E-state index < -0.39 is 30.7 Å². The molecular formula is H18Cl3FeO21. The summed E-state index contributed by atoms with van der Waals surface area (Å²) in [6.45, 7) is 0. The van der Waals surface area contributed by atoms with E-state index in [4.69, 9.17) is 55.9 Å². The molecule has 0 bridgehead atoms. The second-order valence-electron chi connectivity index (χ2n) is 1.13. The van der Waals surface area contributed by atoms with Crippen LogP contribution >= 0.6 is 0 Å². The summed E-state index contributed by atoms with van der Waals surface area (Å²) in [5.41, 5.74) is 0. The molecule has 21 nitrogen and oxygen atoms in total. The van der Waals surface area contributed by atoms with Crippen LogP contribution in [0.3, 0.4) is 0 Å². The van der Waals surface area contributed by atoms with Crippen LogP contribution in [-0.2, 0) is 17.1 Å². The third-order valence-electron chi connectivity index (χ3n) is 0. The Morgan fingerprint density at radius 1 is 0.240 bits per heavy atom. The van der Waals surface area contributed by atoms with E-state index in [1.54, 1.807) is 0 Å². The van der Waals surface area contributed by atoms with Gasteiger partial charge in [0.2, 0.25) is 0 Å². The minimum Gasteiger partial charge on any atom is -0.412 e. The Morgan fingerprint density at radius 2 is 0.240 bits per heavy atom. The normalized spacial score (nSPS) is 7.20. The fourth-order valence-corrected chi connectivity index (χ4v) is 0. The zero-order chi connectivity index (χ0) is 13.5. The Balaban J connectivity index is -0.00000000655. The molecule has 173 valence electrons. The first-order chi connectivity index (χ1) is 6.00. The fourth-order valence-electron chi connectivity index (χ4n) is 0. The van der Waals surface area contributed by atoms with Crippen molar-refractivity contribution in [3.8, 4) is 0 Å². The van der Waals surface area contributed by atoms with Gasteiger partial charge >= 0.3 is 17.1 Å². The van der Waals surface area contributed by atoms with Gasteiger partial charge in [-0.05, 0) is 0 Å². The van der Waals surface area contributed by atoms with Gasteiger partial charge in [0.25, 0.3) is 0 Å². The van der Waals surface area contributed by atoms with E-state index in [2.05, 4.69) is 0 Å². The molecule has 0 spiro atoms. The first-order valence-corrected chi connectivity index (χ1v) is 5.55. The summed E-state index contributed by atoms with van der Waals surface area (Å²) < 4.78 is 102. The molecule has 25 heavy (non-hydrogen) atoms. The fraction of sp³-hybridized carbons (Fsp3) is 0. The van der Waals surface area contributed by atoms with Crippen molar-refractivity contribution in [3.63, 3.8) is 0 Å². The molecule has 0 heterocycles. The van der Waals surface area contributed by atoms with Crippen LogP contribution < -0.4 is 55.9 Å². The van der Waals surface area contributed by atoms with Crippen LogP contribution in [0.1, 0.15) is 0 Å². The summed E-state index contributed by atoms with van der Waals surface area (Å²) >= 11 is 0. The van der Waals surface area contributed by atoms with Gasteiger partial charge in [-0.1, -0.05) is 0 Å². The maximum atomic E-state index is 8.49. The Hall–Kier alpha value is 0.549. The minimum absolute atomic E-state index is 0. The second kappa shape index (κ2) is 39.6. The van der Waals surface area contributed by atoms with E-state index in [0.29, 0.717) is 0 Å². The summed E-state index contributed by atoms with van der Waals surface area (Å²) in [4.78, 5) is 0. The molecular weight excluding hydrogens is 498 g/mol. The molecule has 0 unspecified atom stereocenters. The smallest absolute Gasteiger partial charge is 0.412 e. The van der Waals surface area contributed by atoms with Crippen LogP contribution in [0.2, 0.25) is 0 Å². The van der Waals surface area contributed by atoms with Gasteiger partial charge in [0, 0.05) is 0 Å². The van der Waals surface area contributed by atoms with E-state index >= 15 is 0 Å². The van der Waals surface area contributed by atoms with E-state index in [-0.39, 0.29) is 66.4 Å². The van der Waals surface area contributed by atoms with Crippen LogP contribution in [-0.4, -0.2) is 49.3 Å². The monoisotopic (exact) mass is 515 g/mol. The molecule has 18 N–H and O–H groups in total. The van der Waals surface area contributed by atoms with Gasteiger partial charge in [0.05, 0.1) is 0 Å². The van der Waals surface area contributed by atoms with Crippen molar-refractivity contribution in [2.24, 2.45) is 0 Å². The molecule has 0 aliphatic carbocycles. The summed E-state index contributed by atoms with van der Waals surface area (Å²) in [6, 6.07) is 0. The topological polar surface area (TPSA) is 560 Å². The van der Waals surface area contributed by atoms with E-state index in [9.17, 15) is 0 Å². The van der Waals surface area contributed by atoms with Gasteiger partial charge in [-0.2, -0.15) is 0 Å². The molecule has 0 aromatic rings. The standard InChI is InChI=1S/3ClHO4.Fe.9H2O/c3*2-1(3,4)5;;;;;;;;;;/h3*(H,2,3,4,5);;9*1H2/q;;;+3;;;;;;;;;/p-3. The zero-order valence-corrected chi connectivity index (χ0v) is 14.3. The molecule has 0 atom stereocenters. The minimum atomic E-state index is -4.94. The largest absolute Gasteiger partial charge is 3.00 e. The van der Waals surface area contributed by atoms with Crippen LogP contribution in [0.4, 0.5) is 0 Å². The molecule has 0 aromatic carbocycles. The van der Waals surface area contributed by atoms with Gasteiger partial charge < -0.3 is 49.3 Å². The van der Waals surface area contributed by atoms with Gasteiger partial charge in [-0.15, -0.1) is 30.7 Å². The first-order valence-electron chi connectivity index (χ1n) is 1.85. The SMILES string of the molecule is O.O.O.O.O.O.O.O.O.[Fe+3].[O-][Cl+3]([O-])([O-])[O-].[O-][Cl+3]([O-])([O-])[O-].[O-][Cl+3]([O-])([O-])[O-]. The molecule has 0 saturated carbocycles. The predicted octanol–water partition coefficient (Wildman–Crippen LogP) is -21.7.